The van der Waals surface area contributed by atoms with Gasteiger partial charge in [0.15, 0.2) is 0 Å². The second-order valence-electron chi connectivity index (χ2n) is 6.93. The van der Waals surface area contributed by atoms with E-state index in [9.17, 15) is 18.3 Å². The van der Waals surface area contributed by atoms with Gasteiger partial charge in [0.25, 0.3) is 0 Å². The Morgan fingerprint density at radius 1 is 1.20 bits per heavy atom. The number of anilines is 1. The maximum Gasteiger partial charge on any atom is 0.243 e. The van der Waals surface area contributed by atoms with E-state index in [-0.39, 0.29) is 18.5 Å². The van der Waals surface area contributed by atoms with Crippen LogP contribution in [0.3, 0.4) is 0 Å². The van der Waals surface area contributed by atoms with E-state index in [0.29, 0.717) is 12.1 Å². The van der Waals surface area contributed by atoms with Gasteiger partial charge in [-0.2, -0.15) is 0 Å². The average molecular weight is 368 g/mol. The van der Waals surface area contributed by atoms with Crippen LogP contribution in [0.2, 0.25) is 0 Å². The number of benzene rings is 1. The normalized spacial score (nSPS) is 21.0. The van der Waals surface area contributed by atoms with Crippen LogP contribution in [-0.4, -0.2) is 56.3 Å². The third kappa shape index (κ3) is 4.52. The molecule has 2 atom stereocenters. The highest BCUT2D eigenvalue weighted by Gasteiger charge is 2.32. The maximum absolute atomic E-state index is 12.7. The smallest absolute Gasteiger partial charge is 0.243 e. The van der Waals surface area contributed by atoms with Crippen molar-refractivity contribution in [1.82, 2.24) is 4.90 Å². The Hall–Kier alpha value is -1.60. The third-order valence-electron chi connectivity index (χ3n) is 4.95. The van der Waals surface area contributed by atoms with Crippen molar-refractivity contribution in [3.05, 3.63) is 29.3 Å². The molecule has 7 heteroatoms. The van der Waals surface area contributed by atoms with Gasteiger partial charge in [0.1, 0.15) is 6.54 Å². The Balaban J connectivity index is 2.27. The first-order valence-electron chi connectivity index (χ1n) is 8.60. The molecule has 6 nitrogen and oxygen atoms in total. The monoisotopic (exact) mass is 368 g/mol. The van der Waals surface area contributed by atoms with Gasteiger partial charge in [-0.15, -0.1) is 0 Å². The minimum atomic E-state index is -3.61. The molecule has 2 rings (SSSR count). The number of hydrogen-bond donors (Lipinski definition) is 1. The van der Waals surface area contributed by atoms with Gasteiger partial charge in [0.2, 0.25) is 15.9 Å². The van der Waals surface area contributed by atoms with Crippen LogP contribution >= 0.6 is 0 Å². The van der Waals surface area contributed by atoms with Gasteiger partial charge in [-0.05, 0) is 37.8 Å². The molecule has 140 valence electrons. The number of aryl methyl sites for hydroxylation is 2. The minimum absolute atomic E-state index is 0.249. The maximum atomic E-state index is 12.7. The second kappa shape index (κ2) is 7.74. The van der Waals surface area contributed by atoms with Crippen molar-refractivity contribution in [2.45, 2.75) is 51.7 Å². The lowest BCUT2D eigenvalue weighted by molar-refractivity contribution is -0.133. The van der Waals surface area contributed by atoms with E-state index in [1.54, 1.807) is 7.05 Å². The van der Waals surface area contributed by atoms with Crippen LogP contribution in [0.5, 0.6) is 0 Å². The highest BCUT2D eigenvalue weighted by atomic mass is 32.2. The van der Waals surface area contributed by atoms with Crippen molar-refractivity contribution in [2.75, 3.05) is 24.2 Å². The summed E-state index contributed by atoms with van der Waals surface area (Å²) in [5, 5.41) is 10.2. The fraction of sp³-hybridized carbons (Fsp3) is 0.611. The standard InChI is InChI=1S/C18H28N2O4S/c1-13-8-7-9-14(2)18(13)20(25(4,23)24)12-17(22)19(3)15-10-5-6-11-16(15)21/h7-9,15-16,21H,5-6,10-12H2,1-4H3. The molecule has 0 bridgehead atoms. The van der Waals surface area contributed by atoms with Gasteiger partial charge in [-0.1, -0.05) is 31.0 Å². The Morgan fingerprint density at radius 3 is 2.28 bits per heavy atom. The minimum Gasteiger partial charge on any atom is -0.391 e. The molecular weight excluding hydrogens is 340 g/mol. The lowest BCUT2D eigenvalue weighted by Gasteiger charge is -2.36. The number of likely N-dealkylation sites (N-methyl/N-ethyl adjacent to an activating group) is 1. The van der Waals surface area contributed by atoms with Crippen molar-refractivity contribution < 1.29 is 18.3 Å². The average Bonchev–Trinajstić information content (AvgIpc) is 2.52. The van der Waals surface area contributed by atoms with Crippen molar-refractivity contribution in [1.29, 1.82) is 0 Å². The summed E-state index contributed by atoms with van der Waals surface area (Å²) < 4.78 is 25.9. The molecule has 0 heterocycles. The fourth-order valence-corrected chi connectivity index (χ4v) is 4.49. The lowest BCUT2D eigenvalue weighted by atomic mass is 9.91. The van der Waals surface area contributed by atoms with Crippen LogP contribution in [-0.2, 0) is 14.8 Å². The van der Waals surface area contributed by atoms with Crippen LogP contribution in [0.4, 0.5) is 5.69 Å². The first kappa shape index (κ1) is 19.7. The molecule has 1 aliphatic carbocycles. The highest BCUT2D eigenvalue weighted by molar-refractivity contribution is 7.92. The van der Waals surface area contributed by atoms with Crippen molar-refractivity contribution >= 4 is 21.6 Å². The molecule has 1 amide bonds. The Bertz CT molecular complexity index is 712. The van der Waals surface area contributed by atoms with Crippen molar-refractivity contribution in [2.24, 2.45) is 0 Å². The highest BCUT2D eigenvalue weighted by Crippen LogP contribution is 2.27. The topological polar surface area (TPSA) is 77.9 Å². The number of hydrogen-bond acceptors (Lipinski definition) is 4. The number of carbonyl (C=O) groups excluding carboxylic acids is 1. The van der Waals surface area contributed by atoms with Gasteiger partial charge in [0, 0.05) is 7.05 Å². The van der Waals surface area contributed by atoms with Crippen LogP contribution < -0.4 is 4.31 Å². The molecule has 1 saturated carbocycles. The summed E-state index contributed by atoms with van der Waals surface area (Å²) in [6.45, 7) is 3.41. The number of aliphatic hydroxyl groups is 1. The molecule has 1 fully saturated rings. The van der Waals surface area contributed by atoms with Gasteiger partial charge < -0.3 is 10.0 Å². The Morgan fingerprint density at radius 2 is 1.76 bits per heavy atom. The zero-order valence-electron chi connectivity index (χ0n) is 15.4. The second-order valence-corrected chi connectivity index (χ2v) is 8.84. The quantitative estimate of drug-likeness (QED) is 0.860. The van der Waals surface area contributed by atoms with Gasteiger partial charge in [-0.3, -0.25) is 9.10 Å². The number of amides is 1. The number of nitrogens with zero attached hydrogens (tertiary/aromatic N) is 2. The summed E-state index contributed by atoms with van der Waals surface area (Å²) >= 11 is 0. The Kier molecular flexibility index (Phi) is 6.11. The van der Waals surface area contributed by atoms with E-state index in [1.165, 1.54) is 9.21 Å². The first-order valence-corrected chi connectivity index (χ1v) is 10.5. The molecule has 1 aromatic rings. The SMILES string of the molecule is Cc1cccc(C)c1N(CC(=O)N(C)C1CCCCC1O)S(C)(=O)=O. The zero-order valence-corrected chi connectivity index (χ0v) is 16.2. The van der Waals surface area contributed by atoms with E-state index in [4.69, 9.17) is 0 Å². The summed E-state index contributed by atoms with van der Waals surface area (Å²) in [5.41, 5.74) is 2.16. The molecular formula is C18H28N2O4S. The van der Waals surface area contributed by atoms with E-state index in [2.05, 4.69) is 0 Å². The lowest BCUT2D eigenvalue weighted by Crippen LogP contribution is -2.50. The van der Waals surface area contributed by atoms with Crippen LogP contribution in [0.25, 0.3) is 0 Å². The third-order valence-corrected chi connectivity index (χ3v) is 6.07. The largest absolute Gasteiger partial charge is 0.391 e. The van der Waals surface area contributed by atoms with E-state index >= 15 is 0 Å². The molecule has 1 N–H and O–H groups in total. The van der Waals surface area contributed by atoms with Gasteiger partial charge in [0.05, 0.1) is 24.1 Å². The van der Waals surface area contributed by atoms with Crippen molar-refractivity contribution in [3.63, 3.8) is 0 Å². The van der Waals surface area contributed by atoms with Crippen LogP contribution in [0.1, 0.15) is 36.8 Å². The van der Waals surface area contributed by atoms with E-state index in [1.807, 2.05) is 32.0 Å². The molecule has 25 heavy (non-hydrogen) atoms. The summed E-state index contributed by atoms with van der Waals surface area (Å²) in [4.78, 5) is 14.3. The van der Waals surface area contributed by atoms with E-state index in [0.717, 1.165) is 36.6 Å². The summed E-state index contributed by atoms with van der Waals surface area (Å²) in [7, 11) is -1.97. The molecule has 0 radical (unpaired) electrons. The predicted molar refractivity (Wildman–Crippen MR) is 99.1 cm³/mol. The summed E-state index contributed by atoms with van der Waals surface area (Å²) in [5.74, 6) is -0.306. The summed E-state index contributed by atoms with van der Waals surface area (Å²) in [6, 6.07) is 5.28. The van der Waals surface area contributed by atoms with Gasteiger partial charge in [-0.25, -0.2) is 8.42 Å². The molecule has 0 aliphatic heterocycles. The Labute approximate surface area is 150 Å². The number of sulfonamides is 1. The molecule has 2 unspecified atom stereocenters. The predicted octanol–water partition coefficient (Wildman–Crippen LogP) is 1.83. The summed E-state index contributed by atoms with van der Waals surface area (Å²) in [6.07, 6.45) is 3.90. The first-order chi connectivity index (χ1) is 11.6. The number of aliphatic hydroxyl groups excluding tert-OH is 1. The molecule has 0 aromatic heterocycles. The fourth-order valence-electron chi connectivity index (χ4n) is 3.52. The zero-order chi connectivity index (χ0) is 18.8. The van der Waals surface area contributed by atoms with Crippen LogP contribution in [0.15, 0.2) is 18.2 Å². The molecule has 1 aromatic carbocycles. The van der Waals surface area contributed by atoms with Crippen LogP contribution in [0, 0.1) is 13.8 Å². The van der Waals surface area contributed by atoms with Crippen molar-refractivity contribution in [3.8, 4) is 0 Å². The molecule has 0 saturated heterocycles. The number of rotatable bonds is 5. The molecule has 0 spiro atoms. The number of para-hydroxylation sites is 1. The van der Waals surface area contributed by atoms with Gasteiger partial charge >= 0.3 is 0 Å². The van der Waals surface area contributed by atoms with E-state index < -0.39 is 16.1 Å². The number of carbonyl (C=O) groups is 1. The molecule has 1 aliphatic rings.